The molecule has 0 atom stereocenters. The van der Waals surface area contributed by atoms with Gasteiger partial charge in [0.15, 0.2) is 0 Å². The molecule has 3 rings (SSSR count). The Bertz CT molecular complexity index is 697. The van der Waals surface area contributed by atoms with E-state index in [0.29, 0.717) is 12.8 Å². The smallest absolute Gasteiger partial charge is 0.404 e. The summed E-state index contributed by atoms with van der Waals surface area (Å²) in [5, 5.41) is 3.44. The highest BCUT2D eigenvalue weighted by Crippen LogP contribution is 2.32. The van der Waals surface area contributed by atoms with Crippen LogP contribution in [-0.2, 0) is 10.0 Å². The van der Waals surface area contributed by atoms with Gasteiger partial charge in [-0.2, -0.15) is 4.31 Å². The van der Waals surface area contributed by atoms with Crippen molar-refractivity contribution in [3.8, 4) is 5.75 Å². The third-order valence-electron chi connectivity index (χ3n) is 4.54. The number of para-hydroxylation sites is 1. The fourth-order valence-corrected chi connectivity index (χ4v) is 4.55. The number of nitrogens with zero attached hydrogens (tertiary/aromatic N) is 1. The molecule has 0 amide bonds. The Labute approximate surface area is 145 Å². The number of halogens is 3. The number of hydrogen-bond donors (Lipinski definition) is 1. The van der Waals surface area contributed by atoms with Crippen molar-refractivity contribution in [3.63, 3.8) is 0 Å². The first-order chi connectivity index (χ1) is 11.8. The van der Waals surface area contributed by atoms with Gasteiger partial charge >= 0.3 is 6.36 Å². The van der Waals surface area contributed by atoms with Crippen molar-refractivity contribution in [2.75, 3.05) is 19.6 Å². The molecule has 9 heteroatoms. The Morgan fingerprint density at radius 2 is 1.76 bits per heavy atom. The van der Waals surface area contributed by atoms with E-state index in [1.54, 1.807) is 0 Å². The zero-order chi connectivity index (χ0) is 18.1. The standard InChI is InChI=1S/C16H21F3N2O3S/c17-16(18,19)24-14-3-1-2-4-15(14)25(22,23)21-9-7-13(8-10-21)20-11-12-5-6-12/h1-4,12-13,20H,5-11H2. The fraction of sp³-hybridized carbons (Fsp3) is 0.625. The van der Waals surface area contributed by atoms with Gasteiger partial charge in [-0.05, 0) is 50.3 Å². The van der Waals surface area contributed by atoms with Crippen LogP contribution in [0.4, 0.5) is 13.2 Å². The summed E-state index contributed by atoms with van der Waals surface area (Å²) in [6.07, 6.45) is -1.15. The average Bonchev–Trinajstić information content (AvgIpc) is 3.36. The summed E-state index contributed by atoms with van der Waals surface area (Å²) in [7, 11) is -4.03. The first-order valence-electron chi connectivity index (χ1n) is 8.34. The number of alkyl halides is 3. The monoisotopic (exact) mass is 378 g/mol. The number of nitrogens with one attached hydrogen (secondary N) is 1. The molecule has 0 unspecified atom stereocenters. The molecule has 0 spiro atoms. The van der Waals surface area contributed by atoms with Crippen LogP contribution >= 0.6 is 0 Å². The molecular formula is C16H21F3N2O3S. The third-order valence-corrected chi connectivity index (χ3v) is 6.48. The van der Waals surface area contributed by atoms with Crippen LogP contribution in [0.2, 0.25) is 0 Å². The summed E-state index contributed by atoms with van der Waals surface area (Å²) in [6, 6.07) is 5.13. The quantitative estimate of drug-likeness (QED) is 0.827. The maximum atomic E-state index is 12.7. The van der Waals surface area contributed by atoms with Gasteiger partial charge in [-0.1, -0.05) is 12.1 Å². The van der Waals surface area contributed by atoms with Crippen LogP contribution in [0.1, 0.15) is 25.7 Å². The van der Waals surface area contributed by atoms with Crippen LogP contribution in [-0.4, -0.2) is 44.8 Å². The Morgan fingerprint density at radius 3 is 2.36 bits per heavy atom. The van der Waals surface area contributed by atoms with Crippen molar-refractivity contribution >= 4 is 10.0 Å². The second kappa shape index (κ2) is 7.13. The van der Waals surface area contributed by atoms with Crippen LogP contribution in [0, 0.1) is 5.92 Å². The maximum absolute atomic E-state index is 12.7. The minimum atomic E-state index is -4.94. The minimum Gasteiger partial charge on any atom is -0.404 e. The molecule has 2 aliphatic rings. The fourth-order valence-electron chi connectivity index (χ4n) is 2.97. The van der Waals surface area contributed by atoms with Gasteiger partial charge in [0.25, 0.3) is 0 Å². The number of rotatable bonds is 6. The number of hydrogen-bond acceptors (Lipinski definition) is 4. The SMILES string of the molecule is O=S(=O)(c1ccccc1OC(F)(F)F)N1CCC(NCC2CC2)CC1. The Balaban J connectivity index is 1.67. The molecule has 5 nitrogen and oxygen atoms in total. The van der Waals surface area contributed by atoms with Crippen molar-refractivity contribution in [2.24, 2.45) is 5.92 Å². The van der Waals surface area contributed by atoms with Crippen molar-refractivity contribution in [3.05, 3.63) is 24.3 Å². The summed E-state index contributed by atoms with van der Waals surface area (Å²) in [5.74, 6) is 0.0529. The first-order valence-corrected chi connectivity index (χ1v) is 9.78. The topological polar surface area (TPSA) is 58.6 Å². The van der Waals surface area contributed by atoms with Crippen LogP contribution in [0.3, 0.4) is 0 Å². The van der Waals surface area contributed by atoms with Crippen molar-refractivity contribution < 1.29 is 26.3 Å². The normalized spacial score (nSPS) is 20.6. The van der Waals surface area contributed by atoms with Crippen LogP contribution < -0.4 is 10.1 Å². The van der Waals surface area contributed by atoms with E-state index in [2.05, 4.69) is 10.1 Å². The van der Waals surface area contributed by atoms with Gasteiger partial charge < -0.3 is 10.1 Å². The van der Waals surface area contributed by atoms with E-state index >= 15 is 0 Å². The van der Waals surface area contributed by atoms with Crippen LogP contribution in [0.25, 0.3) is 0 Å². The molecule has 140 valence electrons. The predicted octanol–water partition coefficient (Wildman–Crippen LogP) is 2.74. The van der Waals surface area contributed by atoms with Crippen LogP contribution in [0.5, 0.6) is 5.75 Å². The Kier molecular flexibility index (Phi) is 5.26. The number of benzene rings is 1. The summed E-state index contributed by atoms with van der Waals surface area (Å²) >= 11 is 0. The number of piperidine rings is 1. The molecule has 25 heavy (non-hydrogen) atoms. The van der Waals surface area contributed by atoms with Gasteiger partial charge in [0, 0.05) is 19.1 Å². The van der Waals surface area contributed by atoms with Crippen LogP contribution in [0.15, 0.2) is 29.2 Å². The minimum absolute atomic E-state index is 0.258. The predicted molar refractivity (Wildman–Crippen MR) is 85.6 cm³/mol. The molecule has 1 aromatic carbocycles. The van der Waals surface area contributed by atoms with Crippen molar-refractivity contribution in [1.82, 2.24) is 9.62 Å². The highest BCUT2D eigenvalue weighted by Gasteiger charge is 2.36. The molecule has 0 aromatic heterocycles. The van der Waals surface area contributed by atoms with E-state index in [1.165, 1.54) is 29.3 Å². The zero-order valence-electron chi connectivity index (χ0n) is 13.6. The lowest BCUT2D eigenvalue weighted by Gasteiger charge is -2.32. The van der Waals surface area contributed by atoms with Gasteiger partial charge in [0.1, 0.15) is 10.6 Å². The molecule has 1 aliphatic carbocycles. The molecule has 1 aliphatic heterocycles. The summed E-state index contributed by atoms with van der Waals surface area (Å²) in [6.45, 7) is 1.52. The highest BCUT2D eigenvalue weighted by atomic mass is 32.2. The van der Waals surface area contributed by atoms with E-state index in [1.807, 2.05) is 0 Å². The summed E-state index contributed by atoms with van der Waals surface area (Å²) in [5.41, 5.74) is 0. The Hall–Kier alpha value is -1.32. The zero-order valence-corrected chi connectivity index (χ0v) is 14.4. The largest absolute Gasteiger partial charge is 0.573 e. The Morgan fingerprint density at radius 1 is 1.12 bits per heavy atom. The molecule has 1 heterocycles. The summed E-state index contributed by atoms with van der Waals surface area (Å²) in [4.78, 5) is -0.447. The number of sulfonamides is 1. The maximum Gasteiger partial charge on any atom is 0.573 e. The molecule has 2 fully saturated rings. The lowest BCUT2D eigenvalue weighted by atomic mass is 10.1. The molecule has 1 aromatic rings. The third kappa shape index (κ3) is 4.86. The molecule has 0 bridgehead atoms. The van der Waals surface area contributed by atoms with Gasteiger partial charge in [-0.25, -0.2) is 8.42 Å². The molecule has 1 N–H and O–H groups in total. The van der Waals surface area contributed by atoms with E-state index in [4.69, 9.17) is 0 Å². The van der Waals surface area contributed by atoms with E-state index in [9.17, 15) is 21.6 Å². The number of ether oxygens (including phenoxy) is 1. The van der Waals surface area contributed by atoms with E-state index in [-0.39, 0.29) is 19.1 Å². The second-order valence-electron chi connectivity index (χ2n) is 6.52. The van der Waals surface area contributed by atoms with Crippen molar-refractivity contribution in [1.29, 1.82) is 0 Å². The van der Waals surface area contributed by atoms with E-state index < -0.39 is 27.0 Å². The molecule has 0 radical (unpaired) electrons. The molecular weight excluding hydrogens is 357 g/mol. The van der Waals surface area contributed by atoms with Gasteiger partial charge in [0.2, 0.25) is 10.0 Å². The van der Waals surface area contributed by atoms with Crippen molar-refractivity contribution in [2.45, 2.75) is 43.0 Å². The second-order valence-corrected chi connectivity index (χ2v) is 8.43. The summed E-state index contributed by atoms with van der Waals surface area (Å²) < 4.78 is 68.1. The lowest BCUT2D eigenvalue weighted by molar-refractivity contribution is -0.275. The molecule has 1 saturated heterocycles. The highest BCUT2D eigenvalue weighted by molar-refractivity contribution is 7.89. The molecule has 1 saturated carbocycles. The van der Waals surface area contributed by atoms with Gasteiger partial charge in [0.05, 0.1) is 0 Å². The van der Waals surface area contributed by atoms with E-state index in [0.717, 1.165) is 24.6 Å². The van der Waals surface area contributed by atoms with Gasteiger partial charge in [-0.3, -0.25) is 0 Å². The van der Waals surface area contributed by atoms with Gasteiger partial charge in [-0.15, -0.1) is 13.2 Å². The average molecular weight is 378 g/mol. The first kappa shape index (κ1) is 18.5. The lowest BCUT2D eigenvalue weighted by Crippen LogP contribution is -2.45.